The molecule has 146 valence electrons. The maximum Gasteiger partial charge on any atom is 0.291 e. The predicted octanol–water partition coefficient (Wildman–Crippen LogP) is 1.58. The summed E-state index contributed by atoms with van der Waals surface area (Å²) in [6.07, 6.45) is 0. The molecular weight excluding hydrogens is 383 g/mol. The summed E-state index contributed by atoms with van der Waals surface area (Å²) in [4.78, 5) is 41.1. The average Bonchev–Trinajstić information content (AvgIpc) is 2.91. The Morgan fingerprint density at radius 3 is 2.25 bits per heavy atom. The lowest BCUT2D eigenvalue weighted by atomic mass is 9.86. The van der Waals surface area contributed by atoms with Crippen molar-refractivity contribution >= 4 is 29.1 Å². The van der Waals surface area contributed by atoms with Crippen LogP contribution in [0.3, 0.4) is 0 Å². The first-order valence-corrected chi connectivity index (χ1v) is 9.36. The average molecular weight is 404 g/mol. The van der Waals surface area contributed by atoms with E-state index in [2.05, 4.69) is 0 Å². The quantitative estimate of drug-likeness (QED) is 0.452. The second kappa shape index (κ2) is 8.20. The highest BCUT2D eigenvalue weighted by Crippen LogP contribution is 2.38. The van der Waals surface area contributed by atoms with Crippen LogP contribution in [0.25, 0.3) is 0 Å². The van der Waals surface area contributed by atoms with Crippen molar-refractivity contribution in [1.82, 2.24) is 4.90 Å². The van der Waals surface area contributed by atoms with Crippen LogP contribution in [0.2, 0.25) is 5.02 Å². The summed E-state index contributed by atoms with van der Waals surface area (Å²) >= 11 is 5.97. The van der Waals surface area contributed by atoms with Crippen LogP contribution in [0.15, 0.2) is 48.5 Å². The molecule has 0 saturated carbocycles. The van der Waals surface area contributed by atoms with Crippen LogP contribution in [0, 0.1) is 11.7 Å². The highest BCUT2D eigenvalue weighted by Gasteiger charge is 2.51. The number of likely N-dealkylation sites (tertiary alicyclic amines) is 1. The van der Waals surface area contributed by atoms with Crippen LogP contribution < -0.4 is 4.90 Å². The molecule has 1 saturated heterocycles. The lowest BCUT2D eigenvalue weighted by Gasteiger charge is -2.27. The van der Waals surface area contributed by atoms with Gasteiger partial charge in [-0.15, -0.1) is 0 Å². The first kappa shape index (κ1) is 20.2. The van der Waals surface area contributed by atoms with E-state index in [1.54, 1.807) is 24.3 Å². The van der Waals surface area contributed by atoms with E-state index in [4.69, 9.17) is 11.6 Å². The first-order chi connectivity index (χ1) is 13.3. The summed E-state index contributed by atoms with van der Waals surface area (Å²) < 4.78 is 13.2. The second-order valence-corrected chi connectivity index (χ2v) is 7.60. The molecule has 1 amide bonds. The Labute approximate surface area is 167 Å². The number of halogens is 2. The summed E-state index contributed by atoms with van der Waals surface area (Å²) in [5, 5.41) is 0.519. The summed E-state index contributed by atoms with van der Waals surface area (Å²) in [6.45, 7) is 0.966. The minimum absolute atomic E-state index is 0.201. The molecule has 3 rings (SSSR count). The number of hydrogen-bond acceptors (Lipinski definition) is 3. The Bertz CT molecular complexity index is 897. The standard InChI is InChI=1S/C21H20ClFN2O3/c1-24(2)11-12-25-18(13-3-7-15(22)8-4-13)17(20(27)21(25)28)19(26)14-5-9-16(23)10-6-14/h3-10,17-18H,11-12H2,1-2H3/p+1. The summed E-state index contributed by atoms with van der Waals surface area (Å²) in [5.41, 5.74) is 0.865. The Kier molecular flexibility index (Phi) is 5.91. The third-order valence-electron chi connectivity index (χ3n) is 4.88. The number of hydrogen-bond donors (Lipinski definition) is 1. The molecule has 0 bridgehead atoms. The monoisotopic (exact) mass is 403 g/mol. The van der Waals surface area contributed by atoms with Gasteiger partial charge >= 0.3 is 0 Å². The van der Waals surface area contributed by atoms with Crippen molar-refractivity contribution < 1.29 is 23.7 Å². The van der Waals surface area contributed by atoms with Gasteiger partial charge in [-0.3, -0.25) is 14.4 Å². The minimum atomic E-state index is -1.17. The number of nitrogens with one attached hydrogen (secondary N) is 1. The molecule has 0 aliphatic carbocycles. The van der Waals surface area contributed by atoms with Gasteiger partial charge in [0.2, 0.25) is 5.78 Å². The molecule has 0 spiro atoms. The second-order valence-electron chi connectivity index (χ2n) is 7.17. The third-order valence-corrected chi connectivity index (χ3v) is 5.13. The molecular formula is C21H21ClFN2O3+. The zero-order valence-electron chi connectivity index (χ0n) is 15.6. The Hall–Kier alpha value is -2.57. The fourth-order valence-corrected chi connectivity index (χ4v) is 3.52. The van der Waals surface area contributed by atoms with Crippen molar-refractivity contribution in [3.63, 3.8) is 0 Å². The molecule has 7 heteroatoms. The van der Waals surface area contributed by atoms with Crippen LogP contribution in [-0.2, 0) is 9.59 Å². The van der Waals surface area contributed by atoms with Crippen molar-refractivity contribution in [2.24, 2.45) is 5.92 Å². The van der Waals surface area contributed by atoms with E-state index >= 15 is 0 Å². The minimum Gasteiger partial charge on any atom is -0.338 e. The van der Waals surface area contributed by atoms with E-state index < -0.39 is 35.3 Å². The highest BCUT2D eigenvalue weighted by molar-refractivity contribution is 6.44. The number of quaternary nitrogens is 1. The van der Waals surface area contributed by atoms with Crippen LogP contribution in [0.1, 0.15) is 22.0 Å². The number of amides is 1. The van der Waals surface area contributed by atoms with Gasteiger partial charge in [-0.2, -0.15) is 0 Å². The molecule has 1 heterocycles. The molecule has 0 radical (unpaired) electrons. The molecule has 2 aromatic carbocycles. The molecule has 0 aromatic heterocycles. The van der Waals surface area contributed by atoms with Crippen molar-refractivity contribution in [2.75, 3.05) is 27.2 Å². The van der Waals surface area contributed by atoms with Gasteiger partial charge in [0, 0.05) is 10.6 Å². The summed E-state index contributed by atoms with van der Waals surface area (Å²) in [6, 6.07) is 11.1. The SMILES string of the molecule is C[NH+](C)CCN1C(=O)C(=O)C(C(=O)c2ccc(F)cc2)C1c1ccc(Cl)cc1. The molecule has 5 nitrogen and oxygen atoms in total. The van der Waals surface area contributed by atoms with Gasteiger partial charge in [0.1, 0.15) is 11.7 Å². The number of ketones is 2. The first-order valence-electron chi connectivity index (χ1n) is 8.98. The van der Waals surface area contributed by atoms with Crippen molar-refractivity contribution in [3.8, 4) is 0 Å². The predicted molar refractivity (Wildman–Crippen MR) is 103 cm³/mol. The third kappa shape index (κ3) is 3.98. The zero-order chi connectivity index (χ0) is 20.4. The molecule has 1 N–H and O–H groups in total. The van der Waals surface area contributed by atoms with Crippen molar-refractivity contribution in [1.29, 1.82) is 0 Å². The van der Waals surface area contributed by atoms with E-state index in [1.165, 1.54) is 29.2 Å². The number of benzene rings is 2. The fraction of sp³-hybridized carbons (Fsp3) is 0.286. The summed E-state index contributed by atoms with van der Waals surface area (Å²) in [5.74, 6) is -3.53. The lowest BCUT2D eigenvalue weighted by molar-refractivity contribution is -0.857. The highest BCUT2D eigenvalue weighted by atomic mass is 35.5. The van der Waals surface area contributed by atoms with E-state index in [0.29, 0.717) is 23.7 Å². The largest absolute Gasteiger partial charge is 0.338 e. The van der Waals surface area contributed by atoms with Crippen molar-refractivity contribution in [2.45, 2.75) is 6.04 Å². The number of Topliss-reactive ketones (excluding diaryl/α,β-unsaturated/α-hetero) is 2. The number of nitrogens with zero attached hydrogens (tertiary/aromatic N) is 1. The van der Waals surface area contributed by atoms with E-state index in [-0.39, 0.29) is 5.56 Å². The van der Waals surface area contributed by atoms with Gasteiger partial charge in [0.25, 0.3) is 5.91 Å². The van der Waals surface area contributed by atoms with Gasteiger partial charge < -0.3 is 9.80 Å². The number of likely N-dealkylation sites (N-methyl/N-ethyl adjacent to an activating group) is 1. The van der Waals surface area contributed by atoms with E-state index in [0.717, 1.165) is 4.90 Å². The van der Waals surface area contributed by atoms with Crippen LogP contribution in [0.4, 0.5) is 4.39 Å². The van der Waals surface area contributed by atoms with Gasteiger partial charge in [-0.05, 0) is 42.0 Å². The topological polar surface area (TPSA) is 58.9 Å². The van der Waals surface area contributed by atoms with E-state index in [1.807, 2.05) is 14.1 Å². The molecule has 2 aromatic rings. The number of carbonyl (C=O) groups excluding carboxylic acids is 3. The smallest absolute Gasteiger partial charge is 0.291 e. The van der Waals surface area contributed by atoms with Gasteiger partial charge in [0.15, 0.2) is 5.78 Å². The summed E-state index contributed by atoms with van der Waals surface area (Å²) in [7, 11) is 3.89. The molecule has 1 aliphatic heterocycles. The Balaban J connectivity index is 2.02. The number of rotatable bonds is 6. The number of carbonyl (C=O) groups is 3. The van der Waals surface area contributed by atoms with E-state index in [9.17, 15) is 18.8 Å². The van der Waals surface area contributed by atoms with Crippen LogP contribution in [0.5, 0.6) is 0 Å². The van der Waals surface area contributed by atoms with Gasteiger partial charge in [-0.1, -0.05) is 23.7 Å². The van der Waals surface area contributed by atoms with Crippen LogP contribution in [-0.4, -0.2) is 49.6 Å². The maximum atomic E-state index is 13.2. The zero-order valence-corrected chi connectivity index (χ0v) is 16.4. The van der Waals surface area contributed by atoms with Crippen LogP contribution >= 0.6 is 11.6 Å². The molecule has 2 atom stereocenters. The molecule has 1 aliphatic rings. The lowest BCUT2D eigenvalue weighted by Crippen LogP contribution is -3.06. The Morgan fingerprint density at radius 1 is 1.07 bits per heavy atom. The van der Waals surface area contributed by atoms with Crippen molar-refractivity contribution in [3.05, 3.63) is 70.5 Å². The normalized spacial score (nSPS) is 19.5. The van der Waals surface area contributed by atoms with Gasteiger partial charge in [0.05, 0.1) is 33.2 Å². The van der Waals surface area contributed by atoms with Gasteiger partial charge in [-0.25, -0.2) is 4.39 Å². The Morgan fingerprint density at radius 2 is 1.68 bits per heavy atom. The fourth-order valence-electron chi connectivity index (χ4n) is 3.40. The molecule has 28 heavy (non-hydrogen) atoms. The molecule has 2 unspecified atom stereocenters. The molecule has 1 fully saturated rings. The maximum absolute atomic E-state index is 13.2.